The number of phenolic OH excluding ortho intramolecular Hbond substituents is 1. The second kappa shape index (κ2) is 5.57. The molecular formula is C14H18BrNO2. The first-order valence-corrected chi connectivity index (χ1v) is 6.48. The van der Waals surface area contributed by atoms with E-state index < -0.39 is 0 Å². The van der Waals surface area contributed by atoms with Crippen LogP contribution in [-0.4, -0.2) is 28.0 Å². The summed E-state index contributed by atoms with van der Waals surface area (Å²) in [5.41, 5.74) is -0.0406. The number of benzene rings is 1. The summed E-state index contributed by atoms with van der Waals surface area (Å²) < 4.78 is 0.760. The number of hydrogen-bond donors (Lipinski definition) is 1. The molecule has 0 unspecified atom stereocenters. The standard InChI is InChI=1S/C14H18BrNO2/c1-5-8-16(14(2,3)4)13(18)11-9-10(15)6-7-12(11)17/h5-7,9,17H,1,8H2,2-4H3. The summed E-state index contributed by atoms with van der Waals surface area (Å²) in [5, 5.41) is 9.79. The van der Waals surface area contributed by atoms with Gasteiger partial charge in [-0.25, -0.2) is 0 Å². The Morgan fingerprint density at radius 2 is 2.11 bits per heavy atom. The third kappa shape index (κ3) is 3.35. The Kier molecular flexibility index (Phi) is 4.57. The van der Waals surface area contributed by atoms with Crippen LogP contribution in [0.1, 0.15) is 31.1 Å². The molecule has 0 saturated heterocycles. The third-order valence-corrected chi connectivity index (χ3v) is 3.05. The van der Waals surface area contributed by atoms with Gasteiger partial charge in [-0.2, -0.15) is 0 Å². The quantitative estimate of drug-likeness (QED) is 0.867. The van der Waals surface area contributed by atoms with Crippen LogP contribution in [0.5, 0.6) is 5.75 Å². The van der Waals surface area contributed by atoms with Gasteiger partial charge < -0.3 is 10.0 Å². The van der Waals surface area contributed by atoms with Crippen molar-refractivity contribution in [2.45, 2.75) is 26.3 Å². The summed E-state index contributed by atoms with van der Waals surface area (Å²) in [4.78, 5) is 14.1. The monoisotopic (exact) mass is 311 g/mol. The average molecular weight is 312 g/mol. The second-order valence-corrected chi connectivity index (χ2v) is 5.95. The van der Waals surface area contributed by atoms with Crippen LogP contribution in [0, 0.1) is 0 Å². The zero-order valence-corrected chi connectivity index (χ0v) is 12.5. The van der Waals surface area contributed by atoms with Gasteiger partial charge in [-0.1, -0.05) is 22.0 Å². The van der Waals surface area contributed by atoms with Crippen molar-refractivity contribution in [3.05, 3.63) is 40.9 Å². The highest BCUT2D eigenvalue weighted by molar-refractivity contribution is 9.10. The molecule has 1 N–H and O–H groups in total. The van der Waals surface area contributed by atoms with Crippen molar-refractivity contribution in [3.63, 3.8) is 0 Å². The van der Waals surface area contributed by atoms with E-state index in [-0.39, 0.29) is 17.2 Å². The molecule has 0 saturated carbocycles. The van der Waals surface area contributed by atoms with E-state index in [1.807, 2.05) is 20.8 Å². The molecule has 0 atom stereocenters. The van der Waals surface area contributed by atoms with E-state index in [4.69, 9.17) is 0 Å². The van der Waals surface area contributed by atoms with E-state index in [1.54, 1.807) is 23.1 Å². The molecule has 3 nitrogen and oxygen atoms in total. The molecule has 1 aromatic carbocycles. The molecule has 4 heteroatoms. The van der Waals surface area contributed by atoms with Gasteiger partial charge in [0.25, 0.3) is 5.91 Å². The van der Waals surface area contributed by atoms with Gasteiger partial charge in [0.05, 0.1) is 5.56 Å². The molecule has 1 rings (SSSR count). The van der Waals surface area contributed by atoms with Crippen molar-refractivity contribution >= 4 is 21.8 Å². The lowest BCUT2D eigenvalue weighted by molar-refractivity contribution is 0.0613. The number of carbonyl (C=O) groups is 1. The smallest absolute Gasteiger partial charge is 0.258 e. The van der Waals surface area contributed by atoms with Gasteiger partial charge in [0.15, 0.2) is 0 Å². The van der Waals surface area contributed by atoms with Gasteiger partial charge in [-0.3, -0.25) is 4.79 Å². The van der Waals surface area contributed by atoms with Gasteiger partial charge in [0.1, 0.15) is 5.75 Å². The number of amides is 1. The molecule has 1 amide bonds. The molecular weight excluding hydrogens is 294 g/mol. The highest BCUT2D eigenvalue weighted by Crippen LogP contribution is 2.26. The topological polar surface area (TPSA) is 40.5 Å². The minimum atomic E-state index is -0.333. The summed E-state index contributed by atoms with van der Waals surface area (Å²) in [5.74, 6) is -0.220. The van der Waals surface area contributed by atoms with Crippen molar-refractivity contribution in [1.29, 1.82) is 0 Å². The van der Waals surface area contributed by atoms with Crippen LogP contribution >= 0.6 is 15.9 Å². The van der Waals surface area contributed by atoms with Crippen LogP contribution in [0.2, 0.25) is 0 Å². The Hall–Kier alpha value is -1.29. The van der Waals surface area contributed by atoms with E-state index in [2.05, 4.69) is 22.5 Å². The molecule has 0 radical (unpaired) electrons. The zero-order chi connectivity index (χ0) is 13.9. The van der Waals surface area contributed by atoms with Crippen LogP contribution in [0.4, 0.5) is 0 Å². The van der Waals surface area contributed by atoms with E-state index in [0.29, 0.717) is 12.1 Å². The summed E-state index contributed by atoms with van der Waals surface area (Å²) in [7, 11) is 0. The Morgan fingerprint density at radius 1 is 1.50 bits per heavy atom. The van der Waals surface area contributed by atoms with Crippen LogP contribution in [0.25, 0.3) is 0 Å². The Balaban J connectivity index is 3.17. The second-order valence-electron chi connectivity index (χ2n) is 5.04. The summed E-state index contributed by atoms with van der Waals surface area (Å²) in [6.07, 6.45) is 1.68. The number of halogens is 1. The molecule has 0 aromatic heterocycles. The fourth-order valence-corrected chi connectivity index (χ4v) is 1.98. The maximum absolute atomic E-state index is 12.5. The number of rotatable bonds is 3. The van der Waals surface area contributed by atoms with Gasteiger partial charge in [-0.05, 0) is 39.0 Å². The number of phenols is 1. The summed E-state index contributed by atoms with van der Waals surface area (Å²) >= 11 is 3.30. The predicted molar refractivity (Wildman–Crippen MR) is 76.8 cm³/mol. The Morgan fingerprint density at radius 3 is 2.61 bits per heavy atom. The Labute approximate surface area is 116 Å². The molecule has 0 heterocycles. The Bertz CT molecular complexity index is 463. The highest BCUT2D eigenvalue weighted by Gasteiger charge is 2.27. The summed E-state index contributed by atoms with van der Waals surface area (Å²) in [6, 6.07) is 4.83. The zero-order valence-electron chi connectivity index (χ0n) is 10.9. The number of aromatic hydroxyl groups is 1. The molecule has 0 aliphatic heterocycles. The summed E-state index contributed by atoms with van der Waals surface area (Å²) in [6.45, 7) is 9.95. The maximum atomic E-state index is 12.5. The number of carbonyl (C=O) groups excluding carboxylic acids is 1. The first kappa shape index (κ1) is 14.8. The molecule has 0 fully saturated rings. The van der Waals surface area contributed by atoms with E-state index >= 15 is 0 Å². The lowest BCUT2D eigenvalue weighted by atomic mass is 10.0. The van der Waals surface area contributed by atoms with Crippen molar-refractivity contribution in [3.8, 4) is 5.75 Å². The number of nitrogens with zero attached hydrogens (tertiary/aromatic N) is 1. The van der Waals surface area contributed by atoms with Crippen molar-refractivity contribution in [1.82, 2.24) is 4.90 Å². The van der Waals surface area contributed by atoms with Crippen LogP contribution in [0.3, 0.4) is 0 Å². The first-order chi connectivity index (χ1) is 8.27. The van der Waals surface area contributed by atoms with E-state index in [9.17, 15) is 9.90 Å². The van der Waals surface area contributed by atoms with E-state index in [1.165, 1.54) is 6.07 Å². The molecule has 1 aromatic rings. The fourth-order valence-electron chi connectivity index (χ4n) is 1.62. The largest absolute Gasteiger partial charge is 0.507 e. The maximum Gasteiger partial charge on any atom is 0.258 e. The fraction of sp³-hybridized carbons (Fsp3) is 0.357. The van der Waals surface area contributed by atoms with Crippen molar-refractivity contribution in [2.75, 3.05) is 6.54 Å². The lowest BCUT2D eigenvalue weighted by Crippen LogP contribution is -2.45. The van der Waals surface area contributed by atoms with Crippen LogP contribution < -0.4 is 0 Å². The molecule has 18 heavy (non-hydrogen) atoms. The van der Waals surface area contributed by atoms with Gasteiger partial charge in [0, 0.05) is 16.6 Å². The van der Waals surface area contributed by atoms with E-state index in [0.717, 1.165) is 4.47 Å². The first-order valence-electron chi connectivity index (χ1n) is 5.68. The normalized spacial score (nSPS) is 11.1. The SMILES string of the molecule is C=CCN(C(=O)c1cc(Br)ccc1O)C(C)(C)C. The number of hydrogen-bond acceptors (Lipinski definition) is 2. The molecule has 98 valence electrons. The van der Waals surface area contributed by atoms with Gasteiger partial charge >= 0.3 is 0 Å². The van der Waals surface area contributed by atoms with Gasteiger partial charge in [-0.15, -0.1) is 6.58 Å². The third-order valence-electron chi connectivity index (χ3n) is 2.56. The van der Waals surface area contributed by atoms with Gasteiger partial charge in [0.2, 0.25) is 0 Å². The average Bonchev–Trinajstić information content (AvgIpc) is 2.27. The minimum Gasteiger partial charge on any atom is -0.507 e. The molecule has 0 bridgehead atoms. The predicted octanol–water partition coefficient (Wildman–Crippen LogP) is 3.58. The molecule has 0 spiro atoms. The highest BCUT2D eigenvalue weighted by atomic mass is 79.9. The van der Waals surface area contributed by atoms with Crippen LogP contribution in [-0.2, 0) is 0 Å². The molecule has 0 aliphatic rings. The minimum absolute atomic E-state index is 0.0125. The molecule has 0 aliphatic carbocycles. The lowest BCUT2D eigenvalue weighted by Gasteiger charge is -2.35. The van der Waals surface area contributed by atoms with Crippen molar-refractivity contribution in [2.24, 2.45) is 0 Å². The van der Waals surface area contributed by atoms with Crippen molar-refractivity contribution < 1.29 is 9.90 Å². The van der Waals surface area contributed by atoms with Crippen LogP contribution in [0.15, 0.2) is 35.3 Å².